The van der Waals surface area contributed by atoms with Gasteiger partial charge in [0.05, 0.1) is 17.7 Å². The molecule has 1 unspecified atom stereocenters. The van der Waals surface area contributed by atoms with Crippen molar-refractivity contribution in [2.24, 2.45) is 0 Å². The number of methoxy groups -OCH3 is 1. The van der Waals surface area contributed by atoms with Crippen molar-refractivity contribution in [3.63, 3.8) is 0 Å². The lowest BCUT2D eigenvalue weighted by Gasteiger charge is -2.34. The Morgan fingerprint density at radius 3 is 2.22 bits per heavy atom. The van der Waals surface area contributed by atoms with Gasteiger partial charge in [0, 0.05) is 35.1 Å². The van der Waals surface area contributed by atoms with Crippen molar-refractivity contribution >= 4 is 50.7 Å². The summed E-state index contributed by atoms with van der Waals surface area (Å²) in [6, 6.07) is 25.9. The summed E-state index contributed by atoms with van der Waals surface area (Å²) in [5.74, 6) is -0.576. The van der Waals surface area contributed by atoms with Crippen LogP contribution in [-0.4, -0.2) is 50.9 Å². The van der Waals surface area contributed by atoms with Crippen molar-refractivity contribution in [1.29, 1.82) is 0 Å². The van der Waals surface area contributed by atoms with E-state index in [2.05, 4.69) is 5.32 Å². The van der Waals surface area contributed by atoms with Crippen LogP contribution >= 0.6 is 23.2 Å². The van der Waals surface area contributed by atoms with Gasteiger partial charge in [0.25, 0.3) is 10.0 Å². The maximum Gasteiger partial charge on any atom is 0.264 e. The monoisotopic (exact) mass is 681 g/mol. The molecule has 0 saturated heterocycles. The molecule has 4 rings (SSSR count). The van der Waals surface area contributed by atoms with Crippen molar-refractivity contribution in [1.82, 2.24) is 10.2 Å². The Hall–Kier alpha value is -4.05. The predicted octanol–water partition coefficient (Wildman–Crippen LogP) is 6.67. The van der Waals surface area contributed by atoms with E-state index in [0.717, 1.165) is 15.4 Å². The zero-order valence-electron chi connectivity index (χ0n) is 26.1. The molecular formula is C35H37Cl2N3O5S. The highest BCUT2D eigenvalue weighted by molar-refractivity contribution is 7.92. The van der Waals surface area contributed by atoms with Gasteiger partial charge in [-0.15, -0.1) is 0 Å². The second-order valence-electron chi connectivity index (χ2n) is 11.2. The van der Waals surface area contributed by atoms with E-state index < -0.39 is 28.5 Å². The first-order valence-corrected chi connectivity index (χ1v) is 16.9. The third-order valence-electron chi connectivity index (χ3n) is 7.29. The second kappa shape index (κ2) is 15.5. The van der Waals surface area contributed by atoms with Crippen LogP contribution < -0.4 is 14.4 Å². The zero-order valence-corrected chi connectivity index (χ0v) is 28.4. The lowest BCUT2D eigenvalue weighted by Crippen LogP contribution is -2.54. The van der Waals surface area contributed by atoms with Crippen molar-refractivity contribution in [2.75, 3.05) is 18.0 Å². The molecule has 8 nitrogen and oxygen atoms in total. The van der Waals surface area contributed by atoms with Gasteiger partial charge in [0.1, 0.15) is 18.3 Å². The van der Waals surface area contributed by atoms with Crippen LogP contribution in [0.25, 0.3) is 0 Å². The molecule has 0 aliphatic carbocycles. The number of aryl methyl sites for hydroxylation is 1. The Labute approximate surface area is 280 Å². The van der Waals surface area contributed by atoms with Crippen LogP contribution in [0.2, 0.25) is 10.0 Å². The van der Waals surface area contributed by atoms with Crippen molar-refractivity contribution in [2.45, 2.75) is 50.7 Å². The van der Waals surface area contributed by atoms with Crippen LogP contribution in [0.5, 0.6) is 5.75 Å². The van der Waals surface area contributed by atoms with Crippen molar-refractivity contribution in [3.8, 4) is 5.75 Å². The number of amides is 2. The summed E-state index contributed by atoms with van der Waals surface area (Å²) in [4.78, 5) is 29.8. The number of rotatable bonds is 13. The molecule has 0 bridgehead atoms. The Bertz CT molecular complexity index is 1770. The second-order valence-corrected chi connectivity index (χ2v) is 13.9. The molecule has 1 atom stereocenters. The fourth-order valence-electron chi connectivity index (χ4n) is 4.90. The van der Waals surface area contributed by atoms with E-state index in [9.17, 15) is 18.0 Å². The summed E-state index contributed by atoms with van der Waals surface area (Å²) >= 11 is 12.7. The number of carbonyl (C=O) groups excluding carboxylic acids is 2. The molecule has 0 saturated carbocycles. The predicted molar refractivity (Wildman–Crippen MR) is 183 cm³/mol. The number of sulfonamides is 1. The van der Waals surface area contributed by atoms with E-state index in [0.29, 0.717) is 21.4 Å². The number of halogens is 2. The summed E-state index contributed by atoms with van der Waals surface area (Å²) in [6.45, 7) is 4.84. The van der Waals surface area contributed by atoms with E-state index in [1.165, 1.54) is 24.1 Å². The Kier molecular flexibility index (Phi) is 11.7. The molecule has 0 spiro atoms. The first-order valence-electron chi connectivity index (χ1n) is 14.7. The van der Waals surface area contributed by atoms with Gasteiger partial charge in [-0.25, -0.2) is 8.42 Å². The lowest BCUT2D eigenvalue weighted by molar-refractivity contribution is -0.140. The van der Waals surface area contributed by atoms with Gasteiger partial charge in [-0.05, 0) is 68.3 Å². The molecule has 0 fully saturated rings. The summed E-state index contributed by atoms with van der Waals surface area (Å²) in [5, 5.41) is 3.66. The highest BCUT2D eigenvalue weighted by atomic mass is 35.5. The molecule has 0 heterocycles. The Balaban J connectivity index is 1.84. The molecule has 4 aromatic rings. The number of nitrogens with one attached hydrogen (secondary N) is 1. The standard InChI is InChI=1S/C35H37Cl2N3O5S/c1-24(2)38-35(42)33(19-26-9-6-5-7-10-26)39(22-27-15-16-28(36)20-32(27)37)34(41)23-40(29-11-8-12-30(21-29)45-4)46(43,44)31-17-13-25(3)14-18-31/h5-18,20-21,24,33H,19,22-23H2,1-4H3,(H,38,42). The van der Waals surface area contributed by atoms with Gasteiger partial charge < -0.3 is 15.0 Å². The number of benzene rings is 4. The molecule has 2 amide bonds. The first-order chi connectivity index (χ1) is 21.9. The minimum absolute atomic E-state index is 0.0133. The molecular weight excluding hydrogens is 645 g/mol. The summed E-state index contributed by atoms with van der Waals surface area (Å²) in [7, 11) is -2.77. The number of carbonyl (C=O) groups is 2. The van der Waals surface area contributed by atoms with Gasteiger partial charge in [-0.3, -0.25) is 13.9 Å². The molecule has 1 N–H and O–H groups in total. The average Bonchev–Trinajstić information content (AvgIpc) is 3.02. The fourth-order valence-corrected chi connectivity index (χ4v) is 6.77. The van der Waals surface area contributed by atoms with Gasteiger partial charge in [-0.1, -0.05) is 83.4 Å². The molecule has 4 aromatic carbocycles. The van der Waals surface area contributed by atoms with Gasteiger partial charge in [0.15, 0.2) is 0 Å². The summed E-state index contributed by atoms with van der Waals surface area (Å²) in [6.07, 6.45) is 0.181. The van der Waals surface area contributed by atoms with Crippen LogP contribution in [0, 0.1) is 6.92 Å². The van der Waals surface area contributed by atoms with E-state index in [4.69, 9.17) is 27.9 Å². The smallest absolute Gasteiger partial charge is 0.264 e. The molecule has 0 aromatic heterocycles. The highest BCUT2D eigenvalue weighted by Crippen LogP contribution is 2.29. The van der Waals surface area contributed by atoms with Gasteiger partial charge >= 0.3 is 0 Å². The molecule has 0 aliphatic rings. The van der Waals surface area contributed by atoms with Crippen molar-refractivity contribution in [3.05, 3.63) is 124 Å². The normalized spacial score (nSPS) is 12.0. The molecule has 11 heteroatoms. The van der Waals surface area contributed by atoms with Crippen LogP contribution in [0.3, 0.4) is 0 Å². The topological polar surface area (TPSA) is 96.0 Å². The van der Waals surface area contributed by atoms with E-state index in [1.54, 1.807) is 54.6 Å². The van der Waals surface area contributed by atoms with Crippen LogP contribution in [0.4, 0.5) is 5.69 Å². The van der Waals surface area contributed by atoms with E-state index in [-0.39, 0.29) is 35.5 Å². The van der Waals surface area contributed by atoms with Crippen LogP contribution in [0.15, 0.2) is 102 Å². The quantitative estimate of drug-likeness (QED) is 0.170. The molecule has 46 heavy (non-hydrogen) atoms. The summed E-state index contributed by atoms with van der Waals surface area (Å²) < 4.78 is 34.8. The molecule has 0 aliphatic heterocycles. The maximum absolute atomic E-state index is 14.6. The van der Waals surface area contributed by atoms with E-state index in [1.807, 2.05) is 51.1 Å². The number of anilines is 1. The number of hydrogen-bond acceptors (Lipinski definition) is 5. The van der Waals surface area contributed by atoms with Gasteiger partial charge in [-0.2, -0.15) is 0 Å². The molecule has 242 valence electrons. The number of nitrogens with zero attached hydrogens (tertiary/aromatic N) is 2. The fraction of sp³-hybridized carbons (Fsp3) is 0.257. The lowest BCUT2D eigenvalue weighted by atomic mass is 10.0. The zero-order chi connectivity index (χ0) is 33.4. The van der Waals surface area contributed by atoms with Crippen LogP contribution in [0.1, 0.15) is 30.5 Å². The third kappa shape index (κ3) is 8.81. The highest BCUT2D eigenvalue weighted by Gasteiger charge is 2.35. The SMILES string of the molecule is COc1cccc(N(CC(=O)N(Cc2ccc(Cl)cc2Cl)C(Cc2ccccc2)C(=O)NC(C)C)S(=O)(=O)c2ccc(C)cc2)c1. The number of ether oxygens (including phenoxy) is 1. The minimum Gasteiger partial charge on any atom is -0.497 e. The molecule has 0 radical (unpaired) electrons. The summed E-state index contributed by atoms with van der Waals surface area (Å²) in [5.41, 5.74) is 2.48. The Morgan fingerprint density at radius 1 is 0.891 bits per heavy atom. The van der Waals surface area contributed by atoms with Gasteiger partial charge in [0.2, 0.25) is 11.8 Å². The first kappa shape index (κ1) is 34.8. The van der Waals surface area contributed by atoms with Crippen molar-refractivity contribution < 1.29 is 22.7 Å². The largest absolute Gasteiger partial charge is 0.497 e. The maximum atomic E-state index is 14.6. The Morgan fingerprint density at radius 2 is 1.59 bits per heavy atom. The third-order valence-corrected chi connectivity index (χ3v) is 9.66. The minimum atomic E-state index is -4.25. The van der Waals surface area contributed by atoms with E-state index >= 15 is 0 Å². The van der Waals surface area contributed by atoms with Crippen LogP contribution in [-0.2, 0) is 32.6 Å². The average molecular weight is 683 g/mol. The number of hydrogen-bond donors (Lipinski definition) is 1.